The van der Waals surface area contributed by atoms with Crippen molar-refractivity contribution in [3.05, 3.63) is 41.7 Å². The largest absolute Gasteiger partial charge is 0.416 e. The second kappa shape index (κ2) is 6.88. The molecule has 1 aromatic carbocycles. The summed E-state index contributed by atoms with van der Waals surface area (Å²) >= 11 is 0. The topological polar surface area (TPSA) is 63.1 Å². The van der Waals surface area contributed by atoms with Crippen LogP contribution in [0.5, 0.6) is 0 Å². The Bertz CT molecular complexity index is 797. The van der Waals surface area contributed by atoms with Crippen LogP contribution in [-0.2, 0) is 6.18 Å². The Morgan fingerprint density at radius 1 is 1.19 bits per heavy atom. The fourth-order valence-corrected chi connectivity index (χ4v) is 3.50. The maximum Gasteiger partial charge on any atom is 0.416 e. The third-order valence-corrected chi connectivity index (χ3v) is 4.83. The number of nitrogens with zero attached hydrogens (tertiary/aromatic N) is 4. The molecule has 0 unspecified atom stereocenters. The van der Waals surface area contributed by atoms with E-state index in [2.05, 4.69) is 15.6 Å². The summed E-state index contributed by atoms with van der Waals surface area (Å²) in [6.45, 7) is 3.16. The first-order chi connectivity index (χ1) is 11.9. The van der Waals surface area contributed by atoms with Crippen molar-refractivity contribution < 1.29 is 18.0 Å². The van der Waals surface area contributed by atoms with Crippen LogP contribution in [0.15, 0.2) is 30.5 Å². The molecule has 0 bridgehead atoms. The van der Waals surface area contributed by atoms with Gasteiger partial charge in [-0.15, -0.1) is 17.5 Å². The predicted molar refractivity (Wildman–Crippen MR) is 89.4 cm³/mol. The van der Waals surface area contributed by atoms with Gasteiger partial charge in [0.25, 0.3) is 5.91 Å². The van der Waals surface area contributed by atoms with E-state index in [1.54, 1.807) is 4.90 Å². The summed E-state index contributed by atoms with van der Waals surface area (Å²) in [4.78, 5) is 14.3. The van der Waals surface area contributed by atoms with Crippen molar-refractivity contribution in [1.29, 1.82) is 0 Å². The monoisotopic (exact) mass is 387 g/mol. The lowest BCUT2D eigenvalue weighted by Gasteiger charge is -2.15. The number of rotatable bonds is 2. The van der Waals surface area contributed by atoms with Gasteiger partial charge in [-0.25, -0.2) is 4.68 Å². The van der Waals surface area contributed by atoms with Gasteiger partial charge in [-0.1, -0.05) is 11.3 Å². The van der Waals surface area contributed by atoms with E-state index in [0.29, 0.717) is 24.9 Å². The minimum atomic E-state index is -4.43. The number of halogens is 4. The summed E-state index contributed by atoms with van der Waals surface area (Å²) < 4.78 is 39.7. The Morgan fingerprint density at radius 3 is 2.54 bits per heavy atom. The lowest BCUT2D eigenvalue weighted by molar-refractivity contribution is -0.137. The van der Waals surface area contributed by atoms with Gasteiger partial charge in [-0.2, -0.15) is 13.2 Å². The molecule has 3 heterocycles. The highest BCUT2D eigenvalue weighted by Gasteiger charge is 2.39. The normalized spacial score (nSPS) is 22.2. The Morgan fingerprint density at radius 2 is 1.88 bits per heavy atom. The molecular weight excluding hydrogens is 371 g/mol. The number of alkyl halides is 3. The first-order valence-electron chi connectivity index (χ1n) is 8.02. The minimum absolute atomic E-state index is 0. The smallest absolute Gasteiger partial charge is 0.337 e. The minimum Gasteiger partial charge on any atom is -0.337 e. The van der Waals surface area contributed by atoms with Gasteiger partial charge in [-0.3, -0.25) is 4.79 Å². The van der Waals surface area contributed by atoms with Crippen LogP contribution in [-0.4, -0.2) is 52.0 Å². The number of likely N-dealkylation sites (tertiary alicyclic amines) is 1. The number of hydrogen-bond acceptors (Lipinski definition) is 4. The van der Waals surface area contributed by atoms with Crippen molar-refractivity contribution in [2.75, 3.05) is 26.2 Å². The van der Waals surface area contributed by atoms with E-state index in [0.717, 1.165) is 25.2 Å². The van der Waals surface area contributed by atoms with Gasteiger partial charge >= 0.3 is 6.18 Å². The van der Waals surface area contributed by atoms with Crippen molar-refractivity contribution >= 4 is 18.3 Å². The van der Waals surface area contributed by atoms with Crippen LogP contribution < -0.4 is 5.32 Å². The van der Waals surface area contributed by atoms with Crippen LogP contribution in [0.25, 0.3) is 5.69 Å². The zero-order valence-electron chi connectivity index (χ0n) is 13.6. The quantitative estimate of drug-likeness (QED) is 0.856. The third kappa shape index (κ3) is 3.41. The summed E-state index contributed by atoms with van der Waals surface area (Å²) in [5.41, 5.74) is -0.414. The molecule has 26 heavy (non-hydrogen) atoms. The van der Waals surface area contributed by atoms with Crippen molar-refractivity contribution in [1.82, 2.24) is 25.2 Å². The fourth-order valence-electron chi connectivity index (χ4n) is 3.50. The average molecular weight is 388 g/mol. The summed E-state index contributed by atoms with van der Waals surface area (Å²) in [5, 5.41) is 11.0. The van der Waals surface area contributed by atoms with Gasteiger partial charge in [0, 0.05) is 26.2 Å². The summed E-state index contributed by atoms with van der Waals surface area (Å²) in [5.74, 6) is 0.692. The number of fused-ring (bicyclic) bond motifs is 1. The van der Waals surface area contributed by atoms with Crippen LogP contribution >= 0.6 is 12.4 Å². The van der Waals surface area contributed by atoms with E-state index >= 15 is 0 Å². The first kappa shape index (κ1) is 18.7. The van der Waals surface area contributed by atoms with Crippen molar-refractivity contribution in [3.8, 4) is 5.69 Å². The zero-order valence-corrected chi connectivity index (χ0v) is 14.4. The van der Waals surface area contributed by atoms with Gasteiger partial charge in [0.05, 0.1) is 17.4 Å². The molecule has 0 aliphatic carbocycles. The Kier molecular flexibility index (Phi) is 4.94. The third-order valence-electron chi connectivity index (χ3n) is 4.83. The molecule has 1 amide bonds. The van der Waals surface area contributed by atoms with E-state index < -0.39 is 11.7 Å². The van der Waals surface area contributed by atoms with Crippen molar-refractivity contribution in [3.63, 3.8) is 0 Å². The number of carbonyl (C=O) groups is 1. The lowest BCUT2D eigenvalue weighted by Crippen LogP contribution is -2.32. The maximum atomic E-state index is 12.8. The molecule has 2 atom stereocenters. The van der Waals surface area contributed by atoms with E-state index in [-0.39, 0.29) is 29.7 Å². The summed E-state index contributed by atoms with van der Waals surface area (Å²) in [6, 6.07) is 4.76. The Hall–Kier alpha value is -2.13. The number of hydrogen-bond donors (Lipinski definition) is 1. The molecule has 6 nitrogen and oxygen atoms in total. The number of amides is 1. The van der Waals surface area contributed by atoms with Gasteiger partial charge in [-0.05, 0) is 30.0 Å². The SMILES string of the molecule is Cl.O=C(c1cn(-c2cccc(C(F)(F)F)c2)nn1)N1C[C@H]2CNC[C@H]2C1. The Balaban J connectivity index is 0.00000196. The van der Waals surface area contributed by atoms with E-state index in [4.69, 9.17) is 0 Å². The summed E-state index contributed by atoms with van der Waals surface area (Å²) in [7, 11) is 0. The van der Waals surface area contributed by atoms with Crippen LogP contribution in [0.3, 0.4) is 0 Å². The predicted octanol–water partition coefficient (Wildman–Crippen LogP) is 2.00. The Labute approximate surface area is 153 Å². The molecule has 2 saturated heterocycles. The molecule has 2 aliphatic heterocycles. The fraction of sp³-hybridized carbons (Fsp3) is 0.438. The molecule has 0 saturated carbocycles. The van der Waals surface area contributed by atoms with E-state index in [9.17, 15) is 18.0 Å². The second-order valence-electron chi connectivity index (χ2n) is 6.48. The van der Waals surface area contributed by atoms with Crippen LogP contribution in [0.1, 0.15) is 16.1 Å². The van der Waals surface area contributed by atoms with Gasteiger partial charge in [0.2, 0.25) is 0 Å². The molecule has 0 radical (unpaired) electrons. The molecule has 1 aromatic heterocycles. The highest BCUT2D eigenvalue weighted by Crippen LogP contribution is 2.30. The zero-order chi connectivity index (χ0) is 17.6. The van der Waals surface area contributed by atoms with Crippen LogP contribution in [0.4, 0.5) is 13.2 Å². The van der Waals surface area contributed by atoms with Crippen molar-refractivity contribution in [2.45, 2.75) is 6.18 Å². The summed E-state index contributed by atoms with van der Waals surface area (Å²) in [6.07, 6.45) is -3.05. The molecule has 2 aromatic rings. The molecular formula is C16H17ClF3N5O. The molecule has 4 rings (SSSR count). The lowest BCUT2D eigenvalue weighted by atomic mass is 10.0. The number of benzene rings is 1. The molecule has 10 heteroatoms. The highest BCUT2D eigenvalue weighted by atomic mass is 35.5. The second-order valence-corrected chi connectivity index (χ2v) is 6.48. The molecule has 2 fully saturated rings. The van der Waals surface area contributed by atoms with Gasteiger partial charge < -0.3 is 10.2 Å². The molecule has 140 valence electrons. The van der Waals surface area contributed by atoms with Crippen molar-refractivity contribution in [2.24, 2.45) is 11.8 Å². The highest BCUT2D eigenvalue weighted by molar-refractivity contribution is 5.92. The molecule has 0 spiro atoms. The standard InChI is InChI=1S/C16H16F3N5O.ClH/c17-16(18,19)12-2-1-3-13(4-12)24-9-14(21-22-24)15(25)23-7-10-5-20-6-11(10)8-23;/h1-4,9-11,20H,5-8H2;1H/t10-,11+;. The number of carbonyl (C=O) groups excluding carboxylic acids is 1. The molecule has 1 N–H and O–H groups in total. The van der Waals surface area contributed by atoms with E-state index in [1.807, 2.05) is 0 Å². The average Bonchev–Trinajstić information content (AvgIpc) is 3.29. The van der Waals surface area contributed by atoms with Gasteiger partial charge in [0.1, 0.15) is 0 Å². The van der Waals surface area contributed by atoms with Crippen LogP contribution in [0.2, 0.25) is 0 Å². The van der Waals surface area contributed by atoms with Crippen LogP contribution in [0, 0.1) is 11.8 Å². The van der Waals surface area contributed by atoms with Gasteiger partial charge in [0.15, 0.2) is 5.69 Å². The number of nitrogens with one attached hydrogen (secondary N) is 1. The number of aromatic nitrogens is 3. The first-order valence-corrected chi connectivity index (χ1v) is 8.02. The maximum absolute atomic E-state index is 12.8. The molecule has 2 aliphatic rings. The van der Waals surface area contributed by atoms with E-state index in [1.165, 1.54) is 23.0 Å².